The first-order valence-electron chi connectivity index (χ1n) is 17.1. The summed E-state index contributed by atoms with van der Waals surface area (Å²) in [5.41, 5.74) is 10.4. The summed E-state index contributed by atoms with van der Waals surface area (Å²) in [5.74, 6) is 1.89. The number of benzene rings is 7. The Morgan fingerprint density at radius 3 is 1.65 bits per heavy atom. The van der Waals surface area contributed by atoms with Gasteiger partial charge in [0, 0.05) is 43.9 Å². The van der Waals surface area contributed by atoms with Gasteiger partial charge in [-0.2, -0.15) is 5.26 Å². The normalized spacial score (nSPS) is 11.4. The third kappa shape index (κ3) is 4.92. The number of para-hydroxylation sites is 1. The molecule has 6 nitrogen and oxygen atoms in total. The van der Waals surface area contributed by atoms with Crippen LogP contribution in [-0.4, -0.2) is 19.5 Å². The highest BCUT2D eigenvalue weighted by Crippen LogP contribution is 2.38. The van der Waals surface area contributed by atoms with Crippen molar-refractivity contribution in [3.63, 3.8) is 0 Å². The van der Waals surface area contributed by atoms with Gasteiger partial charge < -0.3 is 8.98 Å². The van der Waals surface area contributed by atoms with Crippen molar-refractivity contribution >= 4 is 43.7 Å². The van der Waals surface area contributed by atoms with Crippen LogP contribution in [0.3, 0.4) is 0 Å². The zero-order chi connectivity index (χ0) is 34.6. The van der Waals surface area contributed by atoms with Crippen LogP contribution in [0.2, 0.25) is 0 Å². The maximum atomic E-state index is 9.26. The molecule has 242 valence electrons. The predicted molar refractivity (Wildman–Crippen MR) is 208 cm³/mol. The number of aromatic nitrogens is 4. The highest BCUT2D eigenvalue weighted by Gasteiger charge is 2.18. The largest absolute Gasteiger partial charge is 0.456 e. The molecule has 0 aliphatic carbocycles. The number of fused-ring (bicyclic) bond motifs is 6. The molecule has 0 bridgehead atoms. The first-order valence-corrected chi connectivity index (χ1v) is 17.1. The van der Waals surface area contributed by atoms with Gasteiger partial charge in [0.25, 0.3) is 0 Å². The van der Waals surface area contributed by atoms with Gasteiger partial charge in [0.15, 0.2) is 17.5 Å². The second-order valence-corrected chi connectivity index (χ2v) is 12.8. The van der Waals surface area contributed by atoms with Gasteiger partial charge in [0.1, 0.15) is 11.2 Å². The number of hydrogen-bond acceptors (Lipinski definition) is 5. The van der Waals surface area contributed by atoms with Crippen LogP contribution in [0.25, 0.3) is 94.7 Å². The lowest BCUT2D eigenvalue weighted by atomic mass is 10.0. The molecule has 0 saturated carbocycles. The lowest BCUT2D eigenvalue weighted by Gasteiger charge is -2.10. The Hall–Kier alpha value is -7.36. The SMILES string of the molecule is N#Cc1ccc(-c2ccc3oc4ccc(-n5c6ccccc6c6cc(-c7nc(-c8ccccc8)nc(-c8ccccc8)n7)ccc65)cc4c3c2)cc1. The summed E-state index contributed by atoms with van der Waals surface area (Å²) in [4.78, 5) is 14.9. The van der Waals surface area contributed by atoms with Crippen molar-refractivity contribution in [1.82, 2.24) is 19.5 Å². The summed E-state index contributed by atoms with van der Waals surface area (Å²) in [5, 5.41) is 13.6. The molecule has 0 radical (unpaired) electrons. The number of furan rings is 1. The van der Waals surface area contributed by atoms with E-state index >= 15 is 0 Å². The molecule has 7 aromatic carbocycles. The second kappa shape index (κ2) is 11.9. The van der Waals surface area contributed by atoms with E-state index in [0.29, 0.717) is 23.0 Å². The van der Waals surface area contributed by atoms with Crippen LogP contribution in [0, 0.1) is 11.3 Å². The molecule has 0 saturated heterocycles. The minimum absolute atomic E-state index is 0.621. The van der Waals surface area contributed by atoms with E-state index < -0.39 is 0 Å². The predicted octanol–water partition coefficient (Wildman–Crippen LogP) is 11.4. The summed E-state index contributed by atoms with van der Waals surface area (Å²) in [6, 6.07) is 57.6. The standard InChI is InChI=1S/C46H27N5O/c47-28-29-15-17-30(18-16-29)33-20-23-42-38(25-33)39-27-35(21-24-43(39)52-42)51-40-14-8-7-13-36(40)37-26-34(19-22-41(37)51)46-49-44(31-9-3-1-4-10-31)48-45(50-46)32-11-5-2-6-12-32/h1-27H. The summed E-state index contributed by atoms with van der Waals surface area (Å²) >= 11 is 0. The average Bonchev–Trinajstić information content (AvgIpc) is 3.76. The highest BCUT2D eigenvalue weighted by atomic mass is 16.3. The molecule has 0 amide bonds. The van der Waals surface area contributed by atoms with Gasteiger partial charge in [-0.05, 0) is 77.9 Å². The van der Waals surface area contributed by atoms with Crippen LogP contribution >= 0.6 is 0 Å². The smallest absolute Gasteiger partial charge is 0.164 e. The average molecular weight is 666 g/mol. The van der Waals surface area contributed by atoms with Gasteiger partial charge in [0.05, 0.1) is 22.7 Å². The summed E-state index contributed by atoms with van der Waals surface area (Å²) in [7, 11) is 0. The van der Waals surface area contributed by atoms with Crippen LogP contribution in [0.5, 0.6) is 0 Å². The van der Waals surface area contributed by atoms with E-state index in [2.05, 4.69) is 83.4 Å². The van der Waals surface area contributed by atoms with Crippen LogP contribution < -0.4 is 0 Å². The number of nitriles is 1. The van der Waals surface area contributed by atoms with Crippen LogP contribution in [-0.2, 0) is 0 Å². The molecule has 0 atom stereocenters. The topological polar surface area (TPSA) is 80.5 Å². The van der Waals surface area contributed by atoms with E-state index in [1.54, 1.807) is 0 Å². The minimum Gasteiger partial charge on any atom is -0.456 e. The lowest BCUT2D eigenvalue weighted by Crippen LogP contribution is -2.00. The molecule has 10 aromatic rings. The lowest BCUT2D eigenvalue weighted by molar-refractivity contribution is 0.669. The van der Waals surface area contributed by atoms with Gasteiger partial charge in [0.2, 0.25) is 0 Å². The Morgan fingerprint density at radius 1 is 0.423 bits per heavy atom. The molecule has 0 unspecified atom stereocenters. The van der Waals surface area contributed by atoms with E-state index in [-0.39, 0.29) is 0 Å². The number of rotatable bonds is 5. The van der Waals surface area contributed by atoms with Crippen LogP contribution in [0.15, 0.2) is 168 Å². The Morgan fingerprint density at radius 2 is 0.962 bits per heavy atom. The zero-order valence-corrected chi connectivity index (χ0v) is 27.7. The quantitative estimate of drug-likeness (QED) is 0.183. The van der Waals surface area contributed by atoms with Gasteiger partial charge in [-0.1, -0.05) is 97.1 Å². The Balaban J connectivity index is 1.13. The molecule has 6 heteroatoms. The van der Waals surface area contributed by atoms with Gasteiger partial charge in [-0.15, -0.1) is 0 Å². The minimum atomic E-state index is 0.621. The number of nitrogens with zero attached hydrogens (tertiary/aromatic N) is 5. The molecule has 3 heterocycles. The third-order valence-electron chi connectivity index (χ3n) is 9.69. The van der Waals surface area contributed by atoms with E-state index in [9.17, 15) is 5.26 Å². The Kier molecular flexibility index (Phi) is 6.76. The molecule has 3 aromatic heterocycles. The van der Waals surface area contributed by atoms with Crippen molar-refractivity contribution in [1.29, 1.82) is 5.26 Å². The first-order chi connectivity index (χ1) is 25.7. The van der Waals surface area contributed by atoms with Crippen molar-refractivity contribution in [3.8, 4) is 57.0 Å². The highest BCUT2D eigenvalue weighted by molar-refractivity contribution is 6.11. The van der Waals surface area contributed by atoms with Crippen molar-refractivity contribution in [3.05, 3.63) is 169 Å². The number of hydrogen-bond donors (Lipinski definition) is 0. The van der Waals surface area contributed by atoms with Gasteiger partial charge in [-0.25, -0.2) is 15.0 Å². The van der Waals surface area contributed by atoms with E-state index in [4.69, 9.17) is 19.4 Å². The van der Waals surface area contributed by atoms with E-state index in [0.717, 1.165) is 77.2 Å². The fourth-order valence-corrected chi connectivity index (χ4v) is 7.15. The molecule has 52 heavy (non-hydrogen) atoms. The maximum absolute atomic E-state index is 9.26. The second-order valence-electron chi connectivity index (χ2n) is 12.8. The van der Waals surface area contributed by atoms with Crippen LogP contribution in [0.1, 0.15) is 5.56 Å². The molecule has 0 fully saturated rings. The molecular formula is C46H27N5O. The van der Waals surface area contributed by atoms with E-state index in [1.165, 1.54) is 0 Å². The molecule has 0 aliphatic rings. The molecule has 10 rings (SSSR count). The molecule has 0 spiro atoms. The summed E-state index contributed by atoms with van der Waals surface area (Å²) < 4.78 is 8.62. The molecule has 0 N–H and O–H groups in total. The van der Waals surface area contributed by atoms with E-state index in [1.807, 2.05) is 91.0 Å². The fourth-order valence-electron chi connectivity index (χ4n) is 7.15. The fraction of sp³-hybridized carbons (Fsp3) is 0. The molecular weight excluding hydrogens is 639 g/mol. The van der Waals surface area contributed by atoms with Gasteiger partial charge in [-0.3, -0.25) is 0 Å². The maximum Gasteiger partial charge on any atom is 0.164 e. The monoisotopic (exact) mass is 665 g/mol. The van der Waals surface area contributed by atoms with Crippen molar-refractivity contribution < 1.29 is 4.42 Å². The first kappa shape index (κ1) is 29.5. The Bertz CT molecular complexity index is 2950. The van der Waals surface area contributed by atoms with Crippen molar-refractivity contribution in [2.24, 2.45) is 0 Å². The van der Waals surface area contributed by atoms with Crippen LogP contribution in [0.4, 0.5) is 0 Å². The molecule has 0 aliphatic heterocycles. The third-order valence-corrected chi connectivity index (χ3v) is 9.69. The Labute approximate surface area is 298 Å². The summed E-state index contributed by atoms with van der Waals surface area (Å²) in [6.45, 7) is 0. The van der Waals surface area contributed by atoms with Crippen molar-refractivity contribution in [2.75, 3.05) is 0 Å². The van der Waals surface area contributed by atoms with Gasteiger partial charge >= 0.3 is 0 Å². The summed E-state index contributed by atoms with van der Waals surface area (Å²) in [6.07, 6.45) is 0. The van der Waals surface area contributed by atoms with Crippen molar-refractivity contribution in [2.45, 2.75) is 0 Å². The zero-order valence-electron chi connectivity index (χ0n) is 27.7.